The van der Waals surface area contributed by atoms with Crippen molar-refractivity contribution < 1.29 is 32.3 Å². The molecule has 2 heterocycles. The van der Waals surface area contributed by atoms with Crippen LogP contribution in [0, 0.1) is 0 Å². The zero-order chi connectivity index (χ0) is 22.3. The molecule has 4 rings (SSSR count). The number of nitrogens with zero attached hydrogens (tertiary/aromatic N) is 2. The van der Waals surface area contributed by atoms with E-state index >= 15 is 0 Å². The Labute approximate surface area is 175 Å². The predicted octanol–water partition coefficient (Wildman–Crippen LogP) is 3.24. The molecule has 1 atom stereocenters. The lowest BCUT2D eigenvalue weighted by atomic mass is 10.1. The zero-order valence-corrected chi connectivity index (χ0v) is 16.4. The summed E-state index contributed by atoms with van der Waals surface area (Å²) in [4.78, 5) is 39.5. The molecular weight excluding hydrogens is 415 g/mol. The Morgan fingerprint density at radius 2 is 1.84 bits per heavy atom. The van der Waals surface area contributed by atoms with E-state index < -0.39 is 30.0 Å². The summed E-state index contributed by atoms with van der Waals surface area (Å²) in [6.45, 7) is 2.09. The van der Waals surface area contributed by atoms with Gasteiger partial charge in [0.15, 0.2) is 0 Å². The Balaban J connectivity index is 1.47. The van der Waals surface area contributed by atoms with Gasteiger partial charge in [-0.2, -0.15) is 0 Å². The van der Waals surface area contributed by atoms with Gasteiger partial charge in [-0.3, -0.25) is 14.4 Å². The summed E-state index contributed by atoms with van der Waals surface area (Å²) in [5.41, 5.74) is 2.61. The SMILES string of the molecule is CC(=O)N1CCc2cc(NC3CC(=O)N(c4ccc(OC(F)(F)F)cc4)C3=O)ccc21. The normalized spacial score (nSPS) is 18.4. The number of hydrogen-bond donors (Lipinski definition) is 1. The van der Waals surface area contributed by atoms with Crippen molar-refractivity contribution >= 4 is 34.8 Å². The van der Waals surface area contributed by atoms with Crippen LogP contribution in [0.2, 0.25) is 0 Å². The molecule has 0 spiro atoms. The first-order chi connectivity index (χ1) is 14.6. The van der Waals surface area contributed by atoms with E-state index in [-0.39, 0.29) is 18.0 Å². The second kappa shape index (κ2) is 7.60. The lowest BCUT2D eigenvalue weighted by Crippen LogP contribution is -2.34. The number of hydrogen-bond acceptors (Lipinski definition) is 5. The van der Waals surface area contributed by atoms with Crippen molar-refractivity contribution in [1.29, 1.82) is 0 Å². The molecule has 0 aromatic heterocycles. The van der Waals surface area contributed by atoms with E-state index in [0.29, 0.717) is 18.7 Å². The first kappa shape index (κ1) is 20.7. The lowest BCUT2D eigenvalue weighted by Gasteiger charge is -2.18. The Hall–Kier alpha value is -3.56. The van der Waals surface area contributed by atoms with Crippen LogP contribution >= 0.6 is 0 Å². The van der Waals surface area contributed by atoms with E-state index in [0.717, 1.165) is 28.3 Å². The van der Waals surface area contributed by atoms with Crippen molar-refractivity contribution in [3.63, 3.8) is 0 Å². The summed E-state index contributed by atoms with van der Waals surface area (Å²) < 4.78 is 40.7. The lowest BCUT2D eigenvalue weighted by molar-refractivity contribution is -0.274. The Bertz CT molecular complexity index is 1050. The predicted molar refractivity (Wildman–Crippen MR) is 106 cm³/mol. The standard InChI is InChI=1S/C21H18F3N3O4/c1-12(28)26-9-8-13-10-14(2-7-18(13)26)25-17-11-19(29)27(20(17)30)15-3-5-16(6-4-15)31-21(22,23)24/h2-7,10,17,25H,8-9,11H2,1H3. The van der Waals surface area contributed by atoms with Gasteiger partial charge in [0.2, 0.25) is 11.8 Å². The summed E-state index contributed by atoms with van der Waals surface area (Å²) in [7, 11) is 0. The number of nitrogens with one attached hydrogen (secondary N) is 1. The van der Waals surface area contributed by atoms with Gasteiger partial charge in [0.25, 0.3) is 5.91 Å². The highest BCUT2D eigenvalue weighted by Crippen LogP contribution is 2.32. The van der Waals surface area contributed by atoms with Crippen LogP contribution in [0.4, 0.5) is 30.2 Å². The molecule has 162 valence electrons. The maximum atomic E-state index is 12.8. The number of carbonyl (C=O) groups excluding carboxylic acids is 3. The monoisotopic (exact) mass is 433 g/mol. The van der Waals surface area contributed by atoms with E-state index in [1.54, 1.807) is 17.0 Å². The molecule has 2 aliphatic rings. The van der Waals surface area contributed by atoms with Gasteiger partial charge in [0, 0.05) is 24.8 Å². The van der Waals surface area contributed by atoms with Crippen molar-refractivity contribution in [3.05, 3.63) is 48.0 Å². The molecule has 1 unspecified atom stereocenters. The van der Waals surface area contributed by atoms with Crippen LogP contribution < -0.4 is 19.9 Å². The Morgan fingerprint density at radius 1 is 1.13 bits per heavy atom. The smallest absolute Gasteiger partial charge is 0.406 e. The minimum atomic E-state index is -4.83. The van der Waals surface area contributed by atoms with Crippen molar-refractivity contribution in [2.75, 3.05) is 21.7 Å². The molecule has 0 aliphatic carbocycles. The molecule has 1 N–H and O–H groups in total. The molecule has 1 saturated heterocycles. The maximum Gasteiger partial charge on any atom is 0.573 e. The number of anilines is 3. The number of rotatable bonds is 4. The minimum Gasteiger partial charge on any atom is -0.406 e. The largest absolute Gasteiger partial charge is 0.573 e. The van der Waals surface area contributed by atoms with Crippen LogP contribution in [0.5, 0.6) is 5.75 Å². The van der Waals surface area contributed by atoms with Gasteiger partial charge in [-0.05, 0) is 54.4 Å². The molecule has 7 nitrogen and oxygen atoms in total. The van der Waals surface area contributed by atoms with E-state index in [1.165, 1.54) is 19.1 Å². The average molecular weight is 433 g/mol. The van der Waals surface area contributed by atoms with Crippen molar-refractivity contribution in [2.45, 2.75) is 32.2 Å². The third kappa shape index (κ3) is 4.18. The highest BCUT2D eigenvalue weighted by molar-refractivity contribution is 6.23. The molecule has 2 aromatic carbocycles. The molecular formula is C21H18F3N3O4. The average Bonchev–Trinajstić information content (AvgIpc) is 3.22. The van der Waals surface area contributed by atoms with Crippen LogP contribution in [-0.4, -0.2) is 36.7 Å². The summed E-state index contributed by atoms with van der Waals surface area (Å²) >= 11 is 0. The zero-order valence-electron chi connectivity index (χ0n) is 16.4. The number of fused-ring (bicyclic) bond motifs is 1. The van der Waals surface area contributed by atoms with E-state index in [4.69, 9.17) is 0 Å². The third-order valence-electron chi connectivity index (χ3n) is 5.17. The van der Waals surface area contributed by atoms with Gasteiger partial charge in [0.05, 0.1) is 12.1 Å². The van der Waals surface area contributed by atoms with Gasteiger partial charge in [0.1, 0.15) is 11.8 Å². The van der Waals surface area contributed by atoms with Crippen LogP contribution in [-0.2, 0) is 20.8 Å². The number of imide groups is 1. The quantitative estimate of drug-likeness (QED) is 0.749. The molecule has 3 amide bonds. The number of alkyl halides is 3. The van der Waals surface area contributed by atoms with Crippen LogP contribution in [0.25, 0.3) is 0 Å². The van der Waals surface area contributed by atoms with Gasteiger partial charge in [-0.1, -0.05) is 0 Å². The molecule has 2 aliphatic heterocycles. The fourth-order valence-electron chi connectivity index (χ4n) is 3.83. The summed E-state index contributed by atoms with van der Waals surface area (Å²) in [5.74, 6) is -1.45. The van der Waals surface area contributed by atoms with Gasteiger partial charge in [-0.15, -0.1) is 13.2 Å². The number of benzene rings is 2. The van der Waals surface area contributed by atoms with Crippen LogP contribution in [0.15, 0.2) is 42.5 Å². The van der Waals surface area contributed by atoms with Crippen LogP contribution in [0.1, 0.15) is 18.9 Å². The van der Waals surface area contributed by atoms with Crippen molar-refractivity contribution in [2.24, 2.45) is 0 Å². The molecule has 10 heteroatoms. The fraction of sp³-hybridized carbons (Fsp3) is 0.286. The Morgan fingerprint density at radius 3 is 2.48 bits per heavy atom. The van der Waals surface area contributed by atoms with Gasteiger partial charge >= 0.3 is 6.36 Å². The van der Waals surface area contributed by atoms with Crippen molar-refractivity contribution in [1.82, 2.24) is 0 Å². The van der Waals surface area contributed by atoms with E-state index in [9.17, 15) is 27.6 Å². The van der Waals surface area contributed by atoms with Crippen LogP contribution in [0.3, 0.4) is 0 Å². The van der Waals surface area contributed by atoms with E-state index in [1.807, 2.05) is 6.07 Å². The number of amides is 3. The molecule has 31 heavy (non-hydrogen) atoms. The summed E-state index contributed by atoms with van der Waals surface area (Å²) in [6, 6.07) is 9.13. The van der Waals surface area contributed by atoms with Gasteiger partial charge in [-0.25, -0.2) is 4.90 Å². The number of carbonyl (C=O) groups is 3. The molecule has 0 bridgehead atoms. The second-order valence-corrected chi connectivity index (χ2v) is 7.27. The van der Waals surface area contributed by atoms with Crippen molar-refractivity contribution in [3.8, 4) is 5.75 Å². The molecule has 1 fully saturated rings. The molecule has 0 saturated carbocycles. The fourth-order valence-corrected chi connectivity index (χ4v) is 3.83. The third-order valence-corrected chi connectivity index (χ3v) is 5.17. The molecule has 0 radical (unpaired) electrons. The van der Waals surface area contributed by atoms with E-state index in [2.05, 4.69) is 10.1 Å². The summed E-state index contributed by atoms with van der Waals surface area (Å²) in [5, 5.41) is 3.05. The van der Waals surface area contributed by atoms with Gasteiger partial charge < -0.3 is 15.0 Å². The maximum absolute atomic E-state index is 12.8. The number of ether oxygens (including phenoxy) is 1. The first-order valence-corrected chi connectivity index (χ1v) is 9.52. The topological polar surface area (TPSA) is 79.0 Å². The minimum absolute atomic E-state index is 0.0432. The first-order valence-electron chi connectivity index (χ1n) is 9.52. The summed E-state index contributed by atoms with van der Waals surface area (Å²) in [6.07, 6.45) is -4.22. The molecule has 2 aromatic rings. The highest BCUT2D eigenvalue weighted by Gasteiger charge is 2.40. The second-order valence-electron chi connectivity index (χ2n) is 7.27. The highest BCUT2D eigenvalue weighted by atomic mass is 19.4. The number of halogens is 3. The Kier molecular flexibility index (Phi) is 5.08.